The van der Waals surface area contributed by atoms with Gasteiger partial charge in [0.05, 0.1) is 6.26 Å². The summed E-state index contributed by atoms with van der Waals surface area (Å²) in [6.07, 6.45) is 2.99. The number of sulfonamides is 1. The lowest BCUT2D eigenvalue weighted by Crippen LogP contribution is -2.33. The molecule has 1 saturated carbocycles. The van der Waals surface area contributed by atoms with Crippen molar-refractivity contribution < 1.29 is 22.7 Å². The van der Waals surface area contributed by atoms with E-state index < -0.39 is 10.0 Å². The predicted octanol–water partition coefficient (Wildman–Crippen LogP) is 2.60. The van der Waals surface area contributed by atoms with Crippen molar-refractivity contribution in [3.63, 3.8) is 0 Å². The Morgan fingerprint density at radius 2 is 1.77 bits per heavy atom. The molecule has 1 aliphatic heterocycles. The summed E-state index contributed by atoms with van der Waals surface area (Å²) in [5.41, 5.74) is 1.72. The zero-order valence-electron chi connectivity index (χ0n) is 14.1. The first-order valence-electron chi connectivity index (χ1n) is 8.22. The average Bonchev–Trinajstić information content (AvgIpc) is 3.30. The lowest BCUT2D eigenvalue weighted by molar-refractivity contribution is 0.0985. The summed E-state index contributed by atoms with van der Waals surface area (Å²) >= 11 is 0. The smallest absolute Gasteiger partial charge is 0.258 e. The van der Waals surface area contributed by atoms with Gasteiger partial charge in [0, 0.05) is 23.0 Å². The van der Waals surface area contributed by atoms with Gasteiger partial charge < -0.3 is 14.4 Å². The van der Waals surface area contributed by atoms with Crippen molar-refractivity contribution >= 4 is 27.3 Å². The van der Waals surface area contributed by atoms with E-state index in [9.17, 15) is 13.2 Å². The third-order valence-electron chi connectivity index (χ3n) is 4.20. The van der Waals surface area contributed by atoms with Crippen LogP contribution >= 0.6 is 0 Å². The van der Waals surface area contributed by atoms with Crippen LogP contribution < -0.4 is 19.1 Å². The highest BCUT2D eigenvalue weighted by molar-refractivity contribution is 7.92. The summed E-state index contributed by atoms with van der Waals surface area (Å²) in [5, 5.41) is 0. The van der Waals surface area contributed by atoms with Gasteiger partial charge >= 0.3 is 0 Å². The van der Waals surface area contributed by atoms with Crippen molar-refractivity contribution in [3.05, 3.63) is 48.0 Å². The number of hydrogen-bond acceptors (Lipinski definition) is 5. The van der Waals surface area contributed by atoms with E-state index in [-0.39, 0.29) is 18.7 Å². The Bertz CT molecular complexity index is 952. The van der Waals surface area contributed by atoms with Crippen molar-refractivity contribution in [1.82, 2.24) is 0 Å². The highest BCUT2D eigenvalue weighted by Crippen LogP contribution is 2.36. The molecule has 0 saturated heterocycles. The highest BCUT2D eigenvalue weighted by Gasteiger charge is 2.34. The second-order valence-electron chi connectivity index (χ2n) is 6.40. The van der Waals surface area contributed by atoms with Crippen LogP contribution in [0.25, 0.3) is 0 Å². The maximum absolute atomic E-state index is 13.1. The Balaban J connectivity index is 1.60. The van der Waals surface area contributed by atoms with Crippen molar-refractivity contribution in [2.24, 2.45) is 0 Å². The molecule has 1 aliphatic carbocycles. The molecule has 2 aromatic rings. The minimum absolute atomic E-state index is 0.116. The van der Waals surface area contributed by atoms with Gasteiger partial charge in [-0.15, -0.1) is 0 Å². The van der Waals surface area contributed by atoms with Crippen molar-refractivity contribution in [1.29, 1.82) is 0 Å². The molecule has 2 aromatic carbocycles. The van der Waals surface area contributed by atoms with Crippen molar-refractivity contribution in [2.75, 3.05) is 22.7 Å². The topological polar surface area (TPSA) is 84.9 Å². The summed E-state index contributed by atoms with van der Waals surface area (Å²) in [4.78, 5) is 14.8. The third kappa shape index (κ3) is 3.45. The minimum Gasteiger partial charge on any atom is -0.454 e. The molecule has 0 spiro atoms. The number of benzene rings is 2. The monoisotopic (exact) mass is 374 g/mol. The highest BCUT2D eigenvalue weighted by atomic mass is 32.2. The maximum Gasteiger partial charge on any atom is 0.258 e. The summed E-state index contributed by atoms with van der Waals surface area (Å²) in [6.45, 7) is 0.161. The van der Waals surface area contributed by atoms with E-state index in [2.05, 4.69) is 4.72 Å². The molecule has 0 atom stereocenters. The molecule has 4 rings (SSSR count). The molecule has 2 aliphatic rings. The van der Waals surface area contributed by atoms with Gasteiger partial charge in [0.1, 0.15) is 0 Å². The normalized spacial score (nSPS) is 15.6. The molecule has 0 unspecified atom stereocenters. The van der Waals surface area contributed by atoms with Gasteiger partial charge in [0.2, 0.25) is 16.8 Å². The van der Waals surface area contributed by atoms with E-state index in [0.717, 1.165) is 24.8 Å². The number of nitrogens with zero attached hydrogens (tertiary/aromatic N) is 1. The van der Waals surface area contributed by atoms with Gasteiger partial charge in [-0.05, 0) is 55.3 Å². The largest absolute Gasteiger partial charge is 0.454 e. The molecule has 1 amide bonds. The zero-order valence-corrected chi connectivity index (χ0v) is 15.0. The first-order chi connectivity index (χ1) is 12.4. The van der Waals surface area contributed by atoms with Gasteiger partial charge in [-0.1, -0.05) is 0 Å². The number of anilines is 2. The summed E-state index contributed by atoms with van der Waals surface area (Å²) in [6, 6.07) is 12.1. The van der Waals surface area contributed by atoms with Crippen LogP contribution in [0.5, 0.6) is 11.5 Å². The number of fused-ring (bicyclic) bond motifs is 1. The van der Waals surface area contributed by atoms with Crippen LogP contribution in [0.4, 0.5) is 11.4 Å². The lowest BCUT2D eigenvalue weighted by Gasteiger charge is -2.23. The van der Waals surface area contributed by atoms with Crippen molar-refractivity contribution in [3.8, 4) is 11.5 Å². The maximum atomic E-state index is 13.1. The molecule has 1 N–H and O–H groups in total. The van der Waals surface area contributed by atoms with Crippen LogP contribution in [0, 0.1) is 0 Å². The van der Waals surface area contributed by atoms with Crippen LogP contribution in [-0.4, -0.2) is 33.4 Å². The fourth-order valence-corrected chi connectivity index (χ4v) is 3.46. The molecule has 1 fully saturated rings. The van der Waals surface area contributed by atoms with Gasteiger partial charge in [0.25, 0.3) is 5.91 Å². The molecule has 8 heteroatoms. The quantitative estimate of drug-likeness (QED) is 0.870. The predicted molar refractivity (Wildman–Crippen MR) is 97.3 cm³/mol. The number of ether oxygens (including phenoxy) is 2. The second kappa shape index (κ2) is 6.21. The summed E-state index contributed by atoms with van der Waals surface area (Å²) < 4.78 is 35.7. The Kier molecular flexibility index (Phi) is 3.99. The third-order valence-corrected chi connectivity index (χ3v) is 4.81. The first kappa shape index (κ1) is 16.7. The molecule has 0 aromatic heterocycles. The summed E-state index contributed by atoms with van der Waals surface area (Å²) in [5.74, 6) is 1.09. The Hall–Kier alpha value is -2.74. The van der Waals surface area contributed by atoms with E-state index in [1.165, 1.54) is 0 Å². The molecule has 26 heavy (non-hydrogen) atoms. The standard InChI is InChI=1S/C18H18N2O5S/c1-26(22,23)19-13-3-5-14(6-4-13)20(15-7-8-15)18(21)12-2-9-16-17(10-12)25-11-24-16/h2-6,9-10,15,19H,7-8,11H2,1H3. The molecule has 0 radical (unpaired) electrons. The zero-order chi connectivity index (χ0) is 18.3. The van der Waals surface area contributed by atoms with E-state index in [1.807, 2.05) is 0 Å². The van der Waals surface area contributed by atoms with E-state index >= 15 is 0 Å². The molecule has 1 heterocycles. The number of rotatable bonds is 5. The number of nitrogens with one attached hydrogen (secondary N) is 1. The average molecular weight is 374 g/mol. The molecule has 0 bridgehead atoms. The van der Waals surface area contributed by atoms with Gasteiger partial charge in [-0.2, -0.15) is 0 Å². The SMILES string of the molecule is CS(=O)(=O)Nc1ccc(N(C(=O)c2ccc3c(c2)OCO3)C2CC2)cc1. The second-order valence-corrected chi connectivity index (χ2v) is 8.14. The van der Waals surface area contributed by atoms with Gasteiger partial charge in [-0.25, -0.2) is 8.42 Å². The number of hydrogen-bond donors (Lipinski definition) is 1. The molecular weight excluding hydrogens is 356 g/mol. The van der Waals surface area contributed by atoms with E-state index in [0.29, 0.717) is 22.7 Å². The van der Waals surface area contributed by atoms with Crippen LogP contribution in [0.3, 0.4) is 0 Å². The van der Waals surface area contributed by atoms with Crippen LogP contribution in [0.2, 0.25) is 0 Å². The number of amides is 1. The Labute approximate surface area is 151 Å². The van der Waals surface area contributed by atoms with Crippen LogP contribution in [-0.2, 0) is 10.0 Å². The van der Waals surface area contributed by atoms with E-state index in [1.54, 1.807) is 47.4 Å². The Morgan fingerprint density at radius 3 is 2.42 bits per heavy atom. The number of carbonyl (C=O) groups is 1. The molecule has 136 valence electrons. The van der Waals surface area contributed by atoms with Gasteiger partial charge in [-0.3, -0.25) is 9.52 Å². The fourth-order valence-electron chi connectivity index (χ4n) is 2.90. The van der Waals surface area contributed by atoms with Crippen LogP contribution in [0.15, 0.2) is 42.5 Å². The Morgan fingerprint density at radius 1 is 1.08 bits per heavy atom. The fraction of sp³-hybridized carbons (Fsp3) is 0.278. The van der Waals surface area contributed by atoms with Gasteiger partial charge in [0.15, 0.2) is 11.5 Å². The van der Waals surface area contributed by atoms with Crippen molar-refractivity contribution in [2.45, 2.75) is 18.9 Å². The minimum atomic E-state index is -3.34. The number of carbonyl (C=O) groups excluding carboxylic acids is 1. The van der Waals surface area contributed by atoms with E-state index in [4.69, 9.17) is 9.47 Å². The molecule has 7 nitrogen and oxygen atoms in total. The lowest BCUT2D eigenvalue weighted by atomic mass is 10.1. The molecular formula is C18H18N2O5S. The first-order valence-corrected chi connectivity index (χ1v) is 10.1. The summed E-state index contributed by atoms with van der Waals surface area (Å²) in [7, 11) is -3.34. The van der Waals surface area contributed by atoms with Crippen LogP contribution in [0.1, 0.15) is 23.2 Å².